The molecule has 7 rings (SSSR count). The average Bonchev–Trinajstić information content (AvgIpc) is 3.41. The van der Waals surface area contributed by atoms with Gasteiger partial charge in [-0.3, -0.25) is 9.69 Å². The third kappa shape index (κ3) is 8.02. The van der Waals surface area contributed by atoms with E-state index in [9.17, 15) is 14.7 Å². The van der Waals surface area contributed by atoms with Gasteiger partial charge in [0.25, 0.3) is 5.56 Å². The number of allylic oxidation sites excluding steroid dienone is 1. The number of anilines is 3. The second kappa shape index (κ2) is 14.8. The number of nitrogens with one attached hydrogen (secondary N) is 1. The van der Waals surface area contributed by atoms with Gasteiger partial charge in [-0.05, 0) is 115 Å². The van der Waals surface area contributed by atoms with Gasteiger partial charge in [0, 0.05) is 62.9 Å². The van der Waals surface area contributed by atoms with E-state index in [2.05, 4.69) is 43.8 Å². The quantitative estimate of drug-likeness (QED) is 0.201. The van der Waals surface area contributed by atoms with Crippen molar-refractivity contribution in [2.75, 3.05) is 49.5 Å². The number of ether oxygens (including phenoxy) is 1. The van der Waals surface area contributed by atoms with Crippen molar-refractivity contribution < 1.29 is 14.6 Å². The molecule has 1 spiro atoms. The highest BCUT2D eigenvalue weighted by molar-refractivity contribution is 5.77. The van der Waals surface area contributed by atoms with E-state index in [4.69, 9.17) is 9.72 Å². The largest absolute Gasteiger partial charge is 0.444 e. The van der Waals surface area contributed by atoms with Crippen LogP contribution in [-0.4, -0.2) is 96.2 Å². The zero-order chi connectivity index (χ0) is 38.3. The summed E-state index contributed by atoms with van der Waals surface area (Å²) in [5.41, 5.74) is 1.42. The molecule has 2 aliphatic heterocycles. The molecule has 13 heteroatoms. The highest BCUT2D eigenvalue weighted by Gasteiger charge is 2.41. The van der Waals surface area contributed by atoms with Crippen LogP contribution in [0.15, 0.2) is 66.1 Å². The van der Waals surface area contributed by atoms with E-state index < -0.39 is 11.2 Å². The number of benzene rings is 1. The van der Waals surface area contributed by atoms with Gasteiger partial charge in [-0.2, -0.15) is 4.98 Å². The maximum absolute atomic E-state index is 13.4. The van der Waals surface area contributed by atoms with E-state index in [1.807, 2.05) is 37.8 Å². The van der Waals surface area contributed by atoms with E-state index in [1.165, 1.54) is 42.2 Å². The first-order valence-corrected chi connectivity index (χ1v) is 19.4. The molecule has 2 saturated heterocycles. The predicted molar refractivity (Wildman–Crippen MR) is 212 cm³/mol. The van der Waals surface area contributed by atoms with Crippen molar-refractivity contribution in [2.24, 2.45) is 5.41 Å². The predicted octanol–water partition coefficient (Wildman–Crippen LogP) is 6.22. The Kier molecular flexibility index (Phi) is 10.3. The maximum Gasteiger partial charge on any atom is 0.410 e. The minimum Gasteiger partial charge on any atom is -0.444 e. The van der Waals surface area contributed by atoms with Crippen LogP contribution >= 0.6 is 0 Å². The van der Waals surface area contributed by atoms with E-state index in [1.54, 1.807) is 42.8 Å². The van der Waals surface area contributed by atoms with Crippen molar-refractivity contribution in [1.29, 1.82) is 0 Å². The normalized spacial score (nSPS) is 18.6. The van der Waals surface area contributed by atoms with Crippen molar-refractivity contribution in [3.8, 4) is 5.82 Å². The molecule has 0 atom stereocenters. The Morgan fingerprint density at radius 1 is 0.963 bits per heavy atom. The summed E-state index contributed by atoms with van der Waals surface area (Å²) in [6.07, 6.45) is 10.1. The number of piperidine rings is 1. The molecule has 1 aromatic carbocycles. The summed E-state index contributed by atoms with van der Waals surface area (Å²) < 4.78 is 8.80. The number of aromatic nitrogens is 5. The van der Waals surface area contributed by atoms with E-state index in [0.29, 0.717) is 40.0 Å². The lowest BCUT2D eigenvalue weighted by atomic mass is 9.66. The first-order valence-electron chi connectivity index (χ1n) is 19.4. The fraction of sp³-hybridized carbons (Fsp3) is 0.537. The molecule has 2 N–H and O–H groups in total. The summed E-state index contributed by atoms with van der Waals surface area (Å²) >= 11 is 0. The zero-order valence-electron chi connectivity index (χ0n) is 32.4. The van der Waals surface area contributed by atoms with E-state index in [-0.39, 0.29) is 18.2 Å². The number of likely N-dealkylation sites (tertiary alicyclic amines) is 1. The lowest BCUT2D eigenvalue weighted by molar-refractivity contribution is -0.00279. The number of nitrogens with zero attached hydrogens (tertiary/aromatic N) is 8. The van der Waals surface area contributed by atoms with Gasteiger partial charge in [0.1, 0.15) is 16.6 Å². The molecule has 5 heterocycles. The molecule has 0 radical (unpaired) electrons. The molecule has 54 heavy (non-hydrogen) atoms. The van der Waals surface area contributed by atoms with Crippen LogP contribution in [0.1, 0.15) is 78.8 Å². The summed E-state index contributed by atoms with van der Waals surface area (Å²) in [5.74, 6) is 0.817. The molecule has 0 bridgehead atoms. The van der Waals surface area contributed by atoms with Gasteiger partial charge in [0.05, 0.1) is 12.2 Å². The SMILES string of the molecule is C=CCn1c(=O)c2cnc(Nc3ccc(N4CCN(C5CCC6(CC5)CCN(C(=O)OC(C)(C)C)CC6)CC4)cc3)nc2n1-c1cccc(C(C)(C)O)n1. The van der Waals surface area contributed by atoms with Crippen LogP contribution < -0.4 is 15.8 Å². The first-order chi connectivity index (χ1) is 25.7. The Balaban J connectivity index is 0.951. The monoisotopic (exact) mass is 737 g/mol. The van der Waals surface area contributed by atoms with Gasteiger partial charge in [-0.25, -0.2) is 24.1 Å². The Bertz CT molecular complexity index is 2020. The molecule has 1 aliphatic carbocycles. The molecule has 288 valence electrons. The van der Waals surface area contributed by atoms with Gasteiger partial charge in [-0.15, -0.1) is 6.58 Å². The van der Waals surface area contributed by atoms with Gasteiger partial charge in [0.15, 0.2) is 11.5 Å². The van der Waals surface area contributed by atoms with Gasteiger partial charge >= 0.3 is 6.09 Å². The van der Waals surface area contributed by atoms with Crippen molar-refractivity contribution in [3.63, 3.8) is 0 Å². The molecule has 3 fully saturated rings. The molecular formula is C41H55N9O4. The standard InChI is InChI=1S/C41H55N9O4/c1-7-21-49-36(51)32-28-42-37(45-35(32)50(49)34-10-8-9-33(44-34)40(5,6)53)43-29-11-13-30(14-12-29)46-24-26-47(27-25-46)31-15-17-41(18-16-31)19-22-48(23-20-41)38(52)54-39(2,3)4/h7-14,28,31,53H,1,15-27H2,2-6H3,(H,42,43,45). The number of hydrogen-bond acceptors (Lipinski definition) is 10. The van der Waals surface area contributed by atoms with Gasteiger partial charge in [0.2, 0.25) is 5.95 Å². The molecule has 13 nitrogen and oxygen atoms in total. The molecule has 3 aromatic heterocycles. The Morgan fingerprint density at radius 3 is 2.28 bits per heavy atom. The lowest BCUT2D eigenvalue weighted by Gasteiger charge is -2.49. The van der Waals surface area contributed by atoms with Crippen LogP contribution in [0.4, 0.5) is 22.1 Å². The number of rotatable bonds is 8. The number of amides is 1. The zero-order valence-corrected chi connectivity index (χ0v) is 32.4. The maximum atomic E-state index is 13.4. The first kappa shape index (κ1) is 37.6. The van der Waals surface area contributed by atoms with Crippen LogP contribution in [0.3, 0.4) is 0 Å². The van der Waals surface area contributed by atoms with Crippen LogP contribution in [0.25, 0.3) is 16.9 Å². The fourth-order valence-electron chi connectivity index (χ4n) is 8.29. The Morgan fingerprint density at radius 2 is 1.65 bits per heavy atom. The van der Waals surface area contributed by atoms with Crippen LogP contribution in [0.5, 0.6) is 0 Å². The summed E-state index contributed by atoms with van der Waals surface area (Å²) in [7, 11) is 0. The summed E-state index contributed by atoms with van der Waals surface area (Å²) in [6, 6.07) is 14.3. The number of piperazine rings is 1. The van der Waals surface area contributed by atoms with Crippen molar-refractivity contribution in [1.82, 2.24) is 34.1 Å². The van der Waals surface area contributed by atoms with Crippen molar-refractivity contribution >= 4 is 34.4 Å². The average molecular weight is 738 g/mol. The van der Waals surface area contributed by atoms with Crippen LogP contribution in [-0.2, 0) is 16.9 Å². The minimum atomic E-state index is -1.16. The second-order valence-electron chi connectivity index (χ2n) is 16.8. The smallest absolute Gasteiger partial charge is 0.410 e. The fourth-order valence-corrected chi connectivity index (χ4v) is 8.29. The Labute approximate surface area is 317 Å². The summed E-state index contributed by atoms with van der Waals surface area (Å²) in [5, 5.41) is 14.3. The van der Waals surface area contributed by atoms with Crippen molar-refractivity contribution in [3.05, 3.63) is 77.4 Å². The number of fused-ring (bicyclic) bond motifs is 1. The second-order valence-corrected chi connectivity index (χ2v) is 16.8. The summed E-state index contributed by atoms with van der Waals surface area (Å²) in [6.45, 7) is 18.9. The third-order valence-electron chi connectivity index (χ3n) is 11.4. The van der Waals surface area contributed by atoms with Crippen LogP contribution in [0.2, 0.25) is 0 Å². The number of carbonyl (C=O) groups is 1. The van der Waals surface area contributed by atoms with Crippen LogP contribution in [0, 0.1) is 5.41 Å². The molecule has 1 amide bonds. The molecular weight excluding hydrogens is 683 g/mol. The van der Waals surface area contributed by atoms with Crippen molar-refractivity contribution in [2.45, 2.75) is 96.9 Å². The number of aliphatic hydroxyl groups is 1. The topological polar surface area (TPSA) is 134 Å². The van der Waals surface area contributed by atoms with Gasteiger partial charge in [-0.1, -0.05) is 12.1 Å². The lowest BCUT2D eigenvalue weighted by Crippen LogP contribution is -2.53. The number of carbonyl (C=O) groups excluding carboxylic acids is 1. The van der Waals surface area contributed by atoms with Gasteiger partial charge < -0.3 is 25.0 Å². The molecule has 1 saturated carbocycles. The molecule has 3 aliphatic rings. The van der Waals surface area contributed by atoms with E-state index >= 15 is 0 Å². The number of pyridine rings is 1. The highest BCUT2D eigenvalue weighted by atomic mass is 16.6. The summed E-state index contributed by atoms with van der Waals surface area (Å²) in [4.78, 5) is 46.9. The molecule has 0 unspecified atom stereocenters. The molecule has 4 aromatic rings. The van der Waals surface area contributed by atoms with E-state index in [0.717, 1.165) is 57.8 Å². The highest BCUT2D eigenvalue weighted by Crippen LogP contribution is 2.46. The number of hydrogen-bond donors (Lipinski definition) is 2. The minimum absolute atomic E-state index is 0.171. The third-order valence-corrected chi connectivity index (χ3v) is 11.4. The Hall–Kier alpha value is -4.75.